The Morgan fingerprint density at radius 3 is 2.80 bits per heavy atom. The summed E-state index contributed by atoms with van der Waals surface area (Å²) in [5, 5.41) is 6.17. The van der Waals surface area contributed by atoms with Crippen LogP contribution in [0.15, 0.2) is 47.5 Å². The van der Waals surface area contributed by atoms with Crippen LogP contribution in [-0.4, -0.2) is 46.8 Å². The van der Waals surface area contributed by atoms with Crippen LogP contribution in [0.2, 0.25) is 0 Å². The van der Waals surface area contributed by atoms with Crippen LogP contribution >= 0.6 is 0 Å². The molecule has 35 heavy (non-hydrogen) atoms. The largest absolute Gasteiger partial charge is 0.486 e. The lowest BCUT2D eigenvalue weighted by atomic mass is 10.1. The third kappa shape index (κ3) is 4.61. The van der Waals surface area contributed by atoms with Crippen LogP contribution < -0.4 is 25.8 Å². The summed E-state index contributed by atoms with van der Waals surface area (Å²) in [5.74, 6) is -1.01. The van der Waals surface area contributed by atoms with E-state index in [2.05, 4.69) is 20.6 Å². The van der Waals surface area contributed by atoms with Crippen LogP contribution in [0, 0.1) is 11.6 Å². The zero-order valence-electron chi connectivity index (χ0n) is 19.5. The molecular formula is C25H26F2N6O2. The van der Waals surface area contributed by atoms with E-state index in [-0.39, 0.29) is 34.6 Å². The second-order valence-corrected chi connectivity index (χ2v) is 8.73. The molecular weight excluding hydrogens is 454 g/mol. The molecule has 0 fully saturated rings. The highest BCUT2D eigenvalue weighted by atomic mass is 19.1. The van der Waals surface area contributed by atoms with Crippen molar-refractivity contribution in [1.29, 1.82) is 0 Å². The molecule has 0 atom stereocenters. The van der Waals surface area contributed by atoms with Gasteiger partial charge in [-0.25, -0.2) is 18.7 Å². The number of nitrogens with one attached hydrogen (secondary N) is 2. The third-order valence-corrected chi connectivity index (χ3v) is 6.08. The first-order chi connectivity index (χ1) is 16.9. The predicted molar refractivity (Wildman–Crippen MR) is 131 cm³/mol. The Morgan fingerprint density at radius 1 is 1.20 bits per heavy atom. The first-order valence-corrected chi connectivity index (χ1v) is 11.6. The highest BCUT2D eigenvalue weighted by molar-refractivity contribution is 5.73. The lowest BCUT2D eigenvalue weighted by molar-refractivity contribution is 0.287. The van der Waals surface area contributed by atoms with E-state index in [1.54, 1.807) is 22.9 Å². The summed E-state index contributed by atoms with van der Waals surface area (Å²) in [6.07, 6.45) is 5.45. The van der Waals surface area contributed by atoms with Crippen molar-refractivity contribution in [3.8, 4) is 17.0 Å². The molecule has 0 saturated carbocycles. The van der Waals surface area contributed by atoms with Gasteiger partial charge in [-0.1, -0.05) is 6.08 Å². The van der Waals surface area contributed by atoms with Crippen molar-refractivity contribution >= 4 is 23.0 Å². The fraction of sp³-hybridized carbons (Fsp3) is 0.320. The van der Waals surface area contributed by atoms with Gasteiger partial charge in [0.2, 0.25) is 5.95 Å². The van der Waals surface area contributed by atoms with Crippen LogP contribution in [0.3, 0.4) is 0 Å². The Hall–Kier alpha value is -3.79. The molecule has 8 nitrogen and oxygen atoms in total. The number of hydrogen-bond donors (Lipinski definition) is 2. The van der Waals surface area contributed by atoms with Gasteiger partial charge in [-0.05, 0) is 32.0 Å². The van der Waals surface area contributed by atoms with E-state index in [0.717, 1.165) is 31.4 Å². The van der Waals surface area contributed by atoms with Gasteiger partial charge in [0.15, 0.2) is 17.4 Å². The molecule has 2 N–H and O–H groups in total. The van der Waals surface area contributed by atoms with Gasteiger partial charge in [0.05, 0.1) is 18.4 Å². The number of anilines is 3. The smallest absolute Gasteiger partial charge is 0.256 e. The summed E-state index contributed by atoms with van der Waals surface area (Å²) in [7, 11) is 0. The van der Waals surface area contributed by atoms with Crippen molar-refractivity contribution < 1.29 is 13.5 Å². The average molecular weight is 481 g/mol. The van der Waals surface area contributed by atoms with Gasteiger partial charge in [-0.15, -0.1) is 0 Å². The number of hydrogen-bond acceptors (Lipinski definition) is 7. The molecule has 5 rings (SSSR count). The molecule has 0 spiro atoms. The monoisotopic (exact) mass is 480 g/mol. The standard InChI is InChI=1S/C25H26F2N6O2/c1-15(2)32-9-10-35-24-19(26)11-16(12-21(24)32)23-20(27)14-29-25(31-23)30-17-5-8-33(22(34)13-17)18-3-6-28-7-4-18/h3,5,8,11-15,28H,4,6-7,9-10H2,1-2H3,(H,29,30,31). The molecule has 0 radical (unpaired) electrons. The van der Waals surface area contributed by atoms with E-state index in [9.17, 15) is 13.6 Å². The molecule has 2 aromatic heterocycles. The van der Waals surface area contributed by atoms with Crippen molar-refractivity contribution in [3.63, 3.8) is 0 Å². The van der Waals surface area contributed by atoms with Gasteiger partial charge in [0, 0.05) is 54.8 Å². The number of fused-ring (bicyclic) bond motifs is 1. The van der Waals surface area contributed by atoms with Crippen LogP contribution in [0.1, 0.15) is 20.3 Å². The molecule has 1 aromatic carbocycles. The second-order valence-electron chi connectivity index (χ2n) is 8.73. The van der Waals surface area contributed by atoms with Gasteiger partial charge in [0.25, 0.3) is 5.56 Å². The lowest BCUT2D eigenvalue weighted by Crippen LogP contribution is -2.38. The molecule has 0 aliphatic carbocycles. The highest BCUT2D eigenvalue weighted by Gasteiger charge is 2.25. The Labute approximate surface area is 201 Å². The Morgan fingerprint density at radius 2 is 2.06 bits per heavy atom. The molecule has 0 saturated heterocycles. The summed E-state index contributed by atoms with van der Waals surface area (Å²) >= 11 is 0. The zero-order valence-corrected chi connectivity index (χ0v) is 19.5. The number of halogens is 2. The number of nitrogens with zero attached hydrogens (tertiary/aromatic N) is 4. The molecule has 10 heteroatoms. The number of aromatic nitrogens is 3. The summed E-state index contributed by atoms with van der Waals surface area (Å²) in [5.41, 5.74) is 1.99. The Balaban J connectivity index is 1.46. The fourth-order valence-corrected chi connectivity index (χ4v) is 4.36. The van der Waals surface area contributed by atoms with Gasteiger partial charge < -0.3 is 20.3 Å². The minimum Gasteiger partial charge on any atom is -0.486 e. The predicted octanol–water partition coefficient (Wildman–Crippen LogP) is 3.77. The first kappa shape index (κ1) is 23.0. The maximum absolute atomic E-state index is 14.9. The van der Waals surface area contributed by atoms with Gasteiger partial charge >= 0.3 is 0 Å². The first-order valence-electron chi connectivity index (χ1n) is 11.6. The summed E-state index contributed by atoms with van der Waals surface area (Å²) in [6.45, 7) is 6.52. The minimum absolute atomic E-state index is 0.0494. The summed E-state index contributed by atoms with van der Waals surface area (Å²) in [6, 6.07) is 6.17. The number of ether oxygens (including phenoxy) is 1. The lowest BCUT2D eigenvalue weighted by Gasteiger charge is -2.34. The van der Waals surface area contributed by atoms with Crippen molar-refractivity contribution in [2.24, 2.45) is 0 Å². The summed E-state index contributed by atoms with van der Waals surface area (Å²) in [4.78, 5) is 22.9. The van der Waals surface area contributed by atoms with E-state index in [0.29, 0.717) is 24.5 Å². The van der Waals surface area contributed by atoms with Gasteiger partial charge in [-0.2, -0.15) is 0 Å². The number of rotatable bonds is 5. The van der Waals surface area contributed by atoms with Crippen LogP contribution in [-0.2, 0) is 0 Å². The van der Waals surface area contributed by atoms with Gasteiger partial charge in [0.1, 0.15) is 12.3 Å². The molecule has 2 aliphatic heterocycles. The molecule has 0 bridgehead atoms. The minimum atomic E-state index is -0.684. The number of benzene rings is 1. The number of pyridine rings is 1. The van der Waals surface area contributed by atoms with E-state index in [1.807, 2.05) is 24.8 Å². The van der Waals surface area contributed by atoms with Crippen molar-refractivity contribution in [2.45, 2.75) is 26.3 Å². The zero-order chi connectivity index (χ0) is 24.5. The van der Waals surface area contributed by atoms with E-state index >= 15 is 0 Å². The van der Waals surface area contributed by atoms with Crippen LogP contribution in [0.5, 0.6) is 5.75 Å². The SMILES string of the molecule is CC(C)N1CCOc2c(F)cc(-c3nc(Nc4ccn(C5=CCNCC5)c(=O)c4)ncc3F)cc21. The van der Waals surface area contributed by atoms with Gasteiger partial charge in [-0.3, -0.25) is 9.36 Å². The van der Waals surface area contributed by atoms with Crippen molar-refractivity contribution in [3.05, 3.63) is 64.7 Å². The molecule has 2 aliphatic rings. The topological polar surface area (TPSA) is 84.3 Å². The molecule has 3 aromatic rings. The average Bonchev–Trinajstić information content (AvgIpc) is 2.85. The molecule has 182 valence electrons. The highest BCUT2D eigenvalue weighted by Crippen LogP contribution is 2.39. The Bertz CT molecular complexity index is 1350. The maximum Gasteiger partial charge on any atom is 0.256 e. The maximum atomic E-state index is 14.9. The molecule has 0 unspecified atom stereocenters. The van der Waals surface area contributed by atoms with Crippen LogP contribution in [0.25, 0.3) is 17.0 Å². The fourth-order valence-electron chi connectivity index (χ4n) is 4.36. The third-order valence-electron chi connectivity index (χ3n) is 6.08. The second kappa shape index (κ2) is 9.46. The van der Waals surface area contributed by atoms with E-state index in [1.165, 1.54) is 12.1 Å². The van der Waals surface area contributed by atoms with E-state index < -0.39 is 11.6 Å². The van der Waals surface area contributed by atoms with E-state index in [4.69, 9.17) is 4.74 Å². The quantitative estimate of drug-likeness (QED) is 0.575. The summed E-state index contributed by atoms with van der Waals surface area (Å²) < 4.78 is 36.8. The van der Waals surface area contributed by atoms with Crippen LogP contribution in [0.4, 0.5) is 26.1 Å². The molecule has 4 heterocycles. The normalized spacial score (nSPS) is 15.5. The van der Waals surface area contributed by atoms with Crippen molar-refractivity contribution in [1.82, 2.24) is 19.9 Å². The van der Waals surface area contributed by atoms with Crippen molar-refractivity contribution in [2.75, 3.05) is 36.5 Å². The molecule has 0 amide bonds. The Kier molecular flexibility index (Phi) is 6.21.